The van der Waals surface area contributed by atoms with E-state index in [1.165, 1.54) is 23.1 Å². The first-order valence-corrected chi connectivity index (χ1v) is 13.2. The summed E-state index contributed by atoms with van der Waals surface area (Å²) < 4.78 is 72.5. The summed E-state index contributed by atoms with van der Waals surface area (Å²) in [6.07, 6.45) is 6.53. The van der Waals surface area contributed by atoms with Gasteiger partial charge in [0.25, 0.3) is 0 Å². The Bertz CT molecular complexity index is 1260. The quantitative estimate of drug-likeness (QED) is 0.611. The Labute approximate surface area is 206 Å². The van der Waals surface area contributed by atoms with Crippen LogP contribution in [0.25, 0.3) is 0 Å². The third kappa shape index (κ3) is 5.35. The summed E-state index contributed by atoms with van der Waals surface area (Å²) in [5.41, 5.74) is -0.537. The smallest absolute Gasteiger partial charge is 0.319 e. The number of allylic oxidation sites excluding steroid dienone is 3. The van der Waals surface area contributed by atoms with Crippen LogP contribution in [0.15, 0.2) is 48.3 Å². The first-order chi connectivity index (χ1) is 17.1. The van der Waals surface area contributed by atoms with Crippen LogP contribution in [0.1, 0.15) is 19.3 Å². The standard InChI is InChI=1S/C23H25F3N4O5S/c1-36(33,34)14-6-10-29(13-14)18-4-5-19(21(26)20(18)25)30-9-2-3-17(22(30)31)28-23(32)27-16-8-12-35-11-7-15(16)24/h4-5,7-8,11-12,14,17H,2-3,6,9-10,13H2,1H3,(H2,27,28,32)/t14?,17-/m1/s1. The normalized spacial score (nSPS) is 22.5. The lowest BCUT2D eigenvalue weighted by Gasteiger charge is -2.33. The monoisotopic (exact) mass is 526 g/mol. The van der Waals surface area contributed by atoms with Crippen LogP contribution >= 0.6 is 0 Å². The summed E-state index contributed by atoms with van der Waals surface area (Å²) >= 11 is 0. The fourth-order valence-corrected chi connectivity index (χ4v) is 5.35. The average Bonchev–Trinajstić information content (AvgIpc) is 3.24. The van der Waals surface area contributed by atoms with Crippen molar-refractivity contribution in [2.45, 2.75) is 30.6 Å². The Morgan fingerprint density at radius 3 is 2.47 bits per heavy atom. The van der Waals surface area contributed by atoms with Crippen LogP contribution in [0.3, 0.4) is 0 Å². The second kappa shape index (κ2) is 10.2. The molecule has 2 N–H and O–H groups in total. The van der Waals surface area contributed by atoms with E-state index < -0.39 is 50.5 Å². The molecule has 2 saturated heterocycles. The van der Waals surface area contributed by atoms with Gasteiger partial charge in [-0.05, 0) is 37.5 Å². The van der Waals surface area contributed by atoms with Gasteiger partial charge in [0.05, 0.1) is 34.8 Å². The van der Waals surface area contributed by atoms with Crippen LogP contribution in [-0.2, 0) is 19.4 Å². The van der Waals surface area contributed by atoms with Crippen molar-refractivity contribution in [3.05, 3.63) is 60.0 Å². The van der Waals surface area contributed by atoms with E-state index in [2.05, 4.69) is 10.6 Å². The van der Waals surface area contributed by atoms with Gasteiger partial charge in [-0.2, -0.15) is 0 Å². The number of urea groups is 1. The molecule has 9 nitrogen and oxygen atoms in total. The van der Waals surface area contributed by atoms with Crippen molar-refractivity contribution < 1.29 is 35.9 Å². The topological polar surface area (TPSA) is 108 Å². The first-order valence-electron chi connectivity index (χ1n) is 11.3. The molecular weight excluding hydrogens is 501 g/mol. The zero-order valence-corrected chi connectivity index (χ0v) is 20.2. The number of piperidine rings is 1. The Hall–Kier alpha value is -3.48. The molecule has 4 rings (SSSR count). The van der Waals surface area contributed by atoms with Gasteiger partial charge in [0, 0.05) is 32.0 Å². The number of nitrogens with one attached hydrogen (secondary N) is 2. The number of sulfone groups is 1. The number of carbonyl (C=O) groups excluding carboxylic acids is 2. The predicted octanol–water partition coefficient (Wildman–Crippen LogP) is 2.62. The van der Waals surface area contributed by atoms with Crippen LogP contribution in [0.2, 0.25) is 0 Å². The Balaban J connectivity index is 1.47. The second-order valence-electron chi connectivity index (χ2n) is 8.70. The summed E-state index contributed by atoms with van der Waals surface area (Å²) in [4.78, 5) is 27.9. The maximum atomic E-state index is 15.1. The highest BCUT2D eigenvalue weighted by molar-refractivity contribution is 7.91. The highest BCUT2D eigenvalue weighted by Crippen LogP contribution is 2.33. The van der Waals surface area contributed by atoms with E-state index in [9.17, 15) is 22.4 Å². The van der Waals surface area contributed by atoms with E-state index in [4.69, 9.17) is 4.74 Å². The van der Waals surface area contributed by atoms with Gasteiger partial charge in [-0.15, -0.1) is 0 Å². The summed E-state index contributed by atoms with van der Waals surface area (Å²) in [6.45, 7) is 0.413. The van der Waals surface area contributed by atoms with Gasteiger partial charge in [-0.1, -0.05) is 0 Å². The number of hydrogen-bond acceptors (Lipinski definition) is 6. The van der Waals surface area contributed by atoms with Crippen LogP contribution in [0.5, 0.6) is 0 Å². The number of rotatable bonds is 5. The molecule has 0 radical (unpaired) electrons. The van der Waals surface area contributed by atoms with Gasteiger partial charge >= 0.3 is 6.03 Å². The Kier molecular flexibility index (Phi) is 7.29. The number of nitrogens with zero attached hydrogens (tertiary/aromatic N) is 2. The molecule has 3 amide bonds. The molecule has 0 saturated carbocycles. The van der Waals surface area contributed by atoms with Crippen molar-refractivity contribution in [2.24, 2.45) is 0 Å². The lowest BCUT2D eigenvalue weighted by atomic mass is 10.0. The van der Waals surface area contributed by atoms with E-state index in [1.54, 1.807) is 0 Å². The number of halogens is 3. The van der Waals surface area contributed by atoms with Crippen molar-refractivity contribution in [3.63, 3.8) is 0 Å². The van der Waals surface area contributed by atoms with Gasteiger partial charge in [0.15, 0.2) is 21.5 Å². The lowest BCUT2D eigenvalue weighted by Crippen LogP contribution is -2.54. The number of hydrogen-bond donors (Lipinski definition) is 2. The molecule has 1 aromatic carbocycles. The third-order valence-corrected chi connectivity index (χ3v) is 7.87. The molecule has 1 unspecified atom stereocenters. The minimum absolute atomic E-state index is 0.0480. The van der Waals surface area contributed by atoms with E-state index >= 15 is 8.78 Å². The van der Waals surface area contributed by atoms with Crippen molar-refractivity contribution >= 4 is 33.2 Å². The first kappa shape index (κ1) is 25.6. The van der Waals surface area contributed by atoms with Crippen molar-refractivity contribution in [1.82, 2.24) is 10.6 Å². The van der Waals surface area contributed by atoms with Crippen molar-refractivity contribution in [3.8, 4) is 0 Å². The lowest BCUT2D eigenvalue weighted by molar-refractivity contribution is -0.121. The van der Waals surface area contributed by atoms with Crippen molar-refractivity contribution in [2.75, 3.05) is 35.7 Å². The van der Waals surface area contributed by atoms with Gasteiger partial charge in [-0.3, -0.25) is 4.79 Å². The van der Waals surface area contributed by atoms with Gasteiger partial charge in [0.1, 0.15) is 11.9 Å². The summed E-state index contributed by atoms with van der Waals surface area (Å²) in [5, 5.41) is 4.07. The van der Waals surface area contributed by atoms with Crippen LogP contribution < -0.4 is 20.4 Å². The average molecular weight is 527 g/mol. The SMILES string of the molecule is CS(=O)(=O)C1CCN(c2ccc(N3CCC[C@@H](NC(=O)NC4=C(F)C=COC=C4)C3=O)c(F)c2F)C1. The Morgan fingerprint density at radius 1 is 1.06 bits per heavy atom. The van der Waals surface area contributed by atoms with E-state index in [0.29, 0.717) is 12.8 Å². The Morgan fingerprint density at radius 2 is 1.75 bits per heavy atom. The number of amides is 3. The summed E-state index contributed by atoms with van der Waals surface area (Å²) in [7, 11) is -3.32. The third-order valence-electron chi connectivity index (χ3n) is 6.28. The second-order valence-corrected chi connectivity index (χ2v) is 11.0. The molecule has 2 fully saturated rings. The number of anilines is 2. The van der Waals surface area contributed by atoms with Gasteiger partial charge in [0.2, 0.25) is 5.91 Å². The van der Waals surface area contributed by atoms with Gasteiger partial charge in [-0.25, -0.2) is 26.4 Å². The maximum absolute atomic E-state index is 15.1. The molecule has 36 heavy (non-hydrogen) atoms. The number of ether oxygens (including phenoxy) is 1. The molecule has 194 valence electrons. The number of carbonyl (C=O) groups is 2. The van der Waals surface area contributed by atoms with Crippen LogP contribution in [-0.4, -0.2) is 57.5 Å². The number of benzene rings is 1. The van der Waals surface area contributed by atoms with E-state index in [-0.39, 0.29) is 43.1 Å². The predicted molar refractivity (Wildman–Crippen MR) is 126 cm³/mol. The molecule has 3 aliphatic heterocycles. The highest BCUT2D eigenvalue weighted by Gasteiger charge is 2.35. The molecule has 3 aliphatic rings. The van der Waals surface area contributed by atoms with Crippen LogP contribution in [0, 0.1) is 11.6 Å². The molecule has 0 spiro atoms. The van der Waals surface area contributed by atoms with Crippen LogP contribution in [0.4, 0.5) is 29.3 Å². The zero-order chi connectivity index (χ0) is 26.0. The van der Waals surface area contributed by atoms with Gasteiger partial charge < -0.3 is 25.2 Å². The summed E-state index contributed by atoms with van der Waals surface area (Å²) in [6, 6.07) is 0.695. The van der Waals surface area contributed by atoms with Crippen molar-refractivity contribution in [1.29, 1.82) is 0 Å². The largest absolute Gasteiger partial charge is 0.472 e. The minimum atomic E-state index is -3.32. The molecular formula is C23H25F3N4O5S. The van der Waals surface area contributed by atoms with E-state index in [1.807, 2.05) is 0 Å². The highest BCUT2D eigenvalue weighted by atomic mass is 32.2. The maximum Gasteiger partial charge on any atom is 0.319 e. The molecule has 2 atom stereocenters. The molecule has 3 heterocycles. The molecule has 1 aromatic rings. The molecule has 0 aliphatic carbocycles. The zero-order valence-electron chi connectivity index (χ0n) is 19.3. The fraction of sp³-hybridized carbons (Fsp3) is 0.391. The molecule has 0 bridgehead atoms. The van der Waals surface area contributed by atoms with E-state index in [0.717, 1.165) is 29.8 Å². The fourth-order valence-electron chi connectivity index (χ4n) is 4.37. The minimum Gasteiger partial charge on any atom is -0.472 e. The molecule has 0 aromatic heterocycles. The molecule has 13 heteroatoms. The summed E-state index contributed by atoms with van der Waals surface area (Å²) in [5.74, 6) is -3.82.